The Morgan fingerprint density at radius 2 is 1.93 bits per heavy atom. The van der Waals surface area contributed by atoms with Gasteiger partial charge in [0.25, 0.3) is 5.91 Å². The maximum absolute atomic E-state index is 12.5. The molecule has 1 aromatic carbocycles. The average Bonchev–Trinajstić information content (AvgIpc) is 3.27. The Labute approximate surface area is 165 Å². The third-order valence-electron chi connectivity index (χ3n) is 5.28. The highest BCUT2D eigenvalue weighted by Crippen LogP contribution is 2.22. The van der Waals surface area contributed by atoms with Crippen molar-refractivity contribution in [1.29, 1.82) is 0 Å². The molecule has 28 heavy (non-hydrogen) atoms. The topological polar surface area (TPSA) is 79.4 Å². The molecule has 1 amide bonds. The fourth-order valence-corrected chi connectivity index (χ4v) is 3.70. The molecule has 0 saturated carbocycles. The number of piperidine rings is 1. The van der Waals surface area contributed by atoms with Gasteiger partial charge in [-0.05, 0) is 56.4 Å². The maximum atomic E-state index is 12.5. The second-order valence-electron chi connectivity index (χ2n) is 7.35. The molecular formula is C21H27N5O2. The second kappa shape index (κ2) is 9.01. The number of anilines is 3. The lowest BCUT2D eigenvalue weighted by atomic mass is 10.1. The van der Waals surface area contributed by atoms with Crippen molar-refractivity contribution in [3.8, 4) is 0 Å². The van der Waals surface area contributed by atoms with Crippen LogP contribution >= 0.6 is 0 Å². The van der Waals surface area contributed by atoms with Crippen molar-refractivity contribution >= 4 is 23.1 Å². The van der Waals surface area contributed by atoms with Gasteiger partial charge in [-0.1, -0.05) is 0 Å². The molecule has 2 saturated heterocycles. The number of aromatic nitrogens is 2. The van der Waals surface area contributed by atoms with E-state index in [9.17, 15) is 4.79 Å². The Morgan fingerprint density at radius 3 is 2.68 bits per heavy atom. The third kappa shape index (κ3) is 4.78. The first-order valence-corrected chi connectivity index (χ1v) is 10.1. The molecule has 7 heteroatoms. The predicted molar refractivity (Wildman–Crippen MR) is 110 cm³/mol. The van der Waals surface area contributed by atoms with Crippen LogP contribution in [0.1, 0.15) is 42.6 Å². The summed E-state index contributed by atoms with van der Waals surface area (Å²) in [6, 6.07) is 9.69. The van der Waals surface area contributed by atoms with E-state index in [2.05, 4.69) is 37.6 Å². The summed E-state index contributed by atoms with van der Waals surface area (Å²) in [6.45, 7) is 3.72. The number of nitrogens with one attached hydrogen (secondary N) is 2. The van der Waals surface area contributed by atoms with E-state index in [1.165, 1.54) is 31.3 Å². The lowest BCUT2D eigenvalue weighted by Gasteiger charge is -2.28. The van der Waals surface area contributed by atoms with Crippen LogP contribution in [-0.4, -0.2) is 48.2 Å². The molecule has 1 aromatic heterocycles. The van der Waals surface area contributed by atoms with E-state index in [4.69, 9.17) is 4.74 Å². The number of carbonyl (C=O) groups is 1. The summed E-state index contributed by atoms with van der Waals surface area (Å²) >= 11 is 0. The molecule has 0 aliphatic carbocycles. The minimum Gasteiger partial charge on any atom is -0.376 e. The summed E-state index contributed by atoms with van der Waals surface area (Å²) in [7, 11) is 0. The number of ether oxygens (including phenoxy) is 1. The van der Waals surface area contributed by atoms with Gasteiger partial charge in [-0.15, -0.1) is 0 Å². The summed E-state index contributed by atoms with van der Waals surface area (Å²) in [5.41, 5.74) is 2.31. The Balaban J connectivity index is 1.34. The summed E-state index contributed by atoms with van der Waals surface area (Å²) in [5.74, 6) is 0.393. The highest BCUT2D eigenvalue weighted by atomic mass is 16.5. The van der Waals surface area contributed by atoms with Crippen LogP contribution in [0, 0.1) is 0 Å². The van der Waals surface area contributed by atoms with Crippen LogP contribution in [0.3, 0.4) is 0 Å². The van der Waals surface area contributed by atoms with E-state index >= 15 is 0 Å². The van der Waals surface area contributed by atoms with Crippen LogP contribution in [0.15, 0.2) is 36.7 Å². The number of nitrogens with zero attached hydrogens (tertiary/aromatic N) is 3. The zero-order valence-corrected chi connectivity index (χ0v) is 16.1. The lowest BCUT2D eigenvalue weighted by molar-refractivity contribution is 0.102. The van der Waals surface area contributed by atoms with Gasteiger partial charge < -0.3 is 20.3 Å². The van der Waals surface area contributed by atoms with Gasteiger partial charge in [-0.25, -0.2) is 9.97 Å². The molecule has 2 aliphatic heterocycles. The first-order valence-electron chi connectivity index (χ1n) is 10.1. The van der Waals surface area contributed by atoms with Crippen LogP contribution in [0.4, 0.5) is 17.2 Å². The highest BCUT2D eigenvalue weighted by molar-refractivity contribution is 6.03. The van der Waals surface area contributed by atoms with Gasteiger partial charge >= 0.3 is 0 Å². The van der Waals surface area contributed by atoms with E-state index in [0.29, 0.717) is 18.1 Å². The van der Waals surface area contributed by atoms with Crippen molar-refractivity contribution in [1.82, 2.24) is 9.97 Å². The fourth-order valence-electron chi connectivity index (χ4n) is 3.70. The smallest absolute Gasteiger partial charge is 0.274 e. The quantitative estimate of drug-likeness (QED) is 0.799. The highest BCUT2D eigenvalue weighted by Gasteiger charge is 2.16. The number of rotatable bonds is 6. The molecule has 0 bridgehead atoms. The molecule has 1 unspecified atom stereocenters. The largest absolute Gasteiger partial charge is 0.376 e. The van der Waals surface area contributed by atoms with Crippen LogP contribution in [0.5, 0.6) is 0 Å². The van der Waals surface area contributed by atoms with Gasteiger partial charge in [0, 0.05) is 43.7 Å². The zero-order valence-electron chi connectivity index (χ0n) is 16.1. The minimum atomic E-state index is -0.242. The predicted octanol–water partition coefficient (Wildman–Crippen LogP) is 3.31. The molecule has 2 aliphatic rings. The number of benzene rings is 1. The van der Waals surface area contributed by atoms with Crippen molar-refractivity contribution in [2.24, 2.45) is 0 Å². The Bertz CT molecular complexity index is 784. The second-order valence-corrected chi connectivity index (χ2v) is 7.35. The van der Waals surface area contributed by atoms with Gasteiger partial charge in [-0.2, -0.15) is 0 Å². The summed E-state index contributed by atoms with van der Waals surface area (Å²) < 4.78 is 5.60. The number of hydrogen-bond acceptors (Lipinski definition) is 6. The normalized spacial score (nSPS) is 19.4. The van der Waals surface area contributed by atoms with Crippen molar-refractivity contribution in [3.63, 3.8) is 0 Å². The van der Waals surface area contributed by atoms with E-state index in [1.54, 1.807) is 6.07 Å². The number of amides is 1. The summed E-state index contributed by atoms with van der Waals surface area (Å²) in [4.78, 5) is 23.2. The summed E-state index contributed by atoms with van der Waals surface area (Å²) in [5, 5.41) is 6.14. The average molecular weight is 381 g/mol. The van der Waals surface area contributed by atoms with Crippen molar-refractivity contribution in [3.05, 3.63) is 42.4 Å². The summed E-state index contributed by atoms with van der Waals surface area (Å²) in [6.07, 6.45) is 7.58. The zero-order chi connectivity index (χ0) is 19.2. The standard InChI is InChI=1S/C21H27N5O2/c27-21(19-13-20(24-15-23-19)22-14-18-5-4-12-28-18)25-16-6-8-17(9-7-16)26-10-2-1-3-11-26/h6-9,13,15,18H,1-5,10-12,14H2,(H,25,27)(H,22,23,24). The molecule has 2 N–H and O–H groups in total. The Morgan fingerprint density at radius 1 is 1.11 bits per heavy atom. The molecule has 148 valence electrons. The lowest BCUT2D eigenvalue weighted by Crippen LogP contribution is -2.29. The van der Waals surface area contributed by atoms with Crippen molar-refractivity contribution in [2.75, 3.05) is 41.8 Å². The van der Waals surface area contributed by atoms with Gasteiger partial charge in [0.05, 0.1) is 6.10 Å². The monoisotopic (exact) mass is 381 g/mol. The van der Waals surface area contributed by atoms with Gasteiger partial charge in [0.2, 0.25) is 0 Å². The molecule has 2 aromatic rings. The molecule has 2 fully saturated rings. The minimum absolute atomic E-state index is 0.214. The van der Waals surface area contributed by atoms with E-state index in [0.717, 1.165) is 38.2 Å². The van der Waals surface area contributed by atoms with Crippen LogP contribution in [0.25, 0.3) is 0 Å². The van der Waals surface area contributed by atoms with Crippen molar-refractivity contribution < 1.29 is 9.53 Å². The molecule has 7 nitrogen and oxygen atoms in total. The van der Waals surface area contributed by atoms with Crippen LogP contribution < -0.4 is 15.5 Å². The number of hydrogen-bond donors (Lipinski definition) is 2. The molecular weight excluding hydrogens is 354 g/mol. The van der Waals surface area contributed by atoms with Gasteiger partial charge in [0.15, 0.2) is 0 Å². The molecule has 0 radical (unpaired) electrons. The molecule has 0 spiro atoms. The number of carbonyl (C=O) groups excluding carboxylic acids is 1. The van der Waals surface area contributed by atoms with Gasteiger partial charge in [-0.3, -0.25) is 4.79 Å². The Hall–Kier alpha value is -2.67. The first-order chi connectivity index (χ1) is 13.8. The van der Waals surface area contributed by atoms with E-state index < -0.39 is 0 Å². The van der Waals surface area contributed by atoms with E-state index in [-0.39, 0.29) is 12.0 Å². The molecule has 4 rings (SSSR count). The van der Waals surface area contributed by atoms with Crippen LogP contribution in [0.2, 0.25) is 0 Å². The molecule has 3 heterocycles. The van der Waals surface area contributed by atoms with Crippen molar-refractivity contribution in [2.45, 2.75) is 38.2 Å². The Kier molecular flexibility index (Phi) is 6.01. The fraction of sp³-hybridized carbons (Fsp3) is 0.476. The van der Waals surface area contributed by atoms with Gasteiger partial charge in [0.1, 0.15) is 17.8 Å². The third-order valence-corrected chi connectivity index (χ3v) is 5.28. The SMILES string of the molecule is O=C(Nc1ccc(N2CCCCC2)cc1)c1cc(NCC2CCCO2)ncn1. The van der Waals surface area contributed by atoms with E-state index in [1.807, 2.05) is 12.1 Å². The van der Waals surface area contributed by atoms with Crippen LogP contribution in [-0.2, 0) is 4.74 Å². The maximum Gasteiger partial charge on any atom is 0.274 e. The molecule has 1 atom stereocenters. The first kappa shape index (κ1) is 18.7.